The molecule has 2 rings (SSSR count). The van der Waals surface area contributed by atoms with Gasteiger partial charge < -0.3 is 0 Å². The summed E-state index contributed by atoms with van der Waals surface area (Å²) in [7, 11) is 0. The first kappa shape index (κ1) is 10.7. The molecular weight excluding hydrogens is 198 g/mol. The number of rotatable bonds is 3. The van der Waals surface area contributed by atoms with E-state index < -0.39 is 0 Å². The maximum absolute atomic E-state index is 4.37. The summed E-state index contributed by atoms with van der Waals surface area (Å²) in [6.45, 7) is 4.27. The molecule has 2 aromatic rings. The van der Waals surface area contributed by atoms with Gasteiger partial charge in [0.15, 0.2) is 0 Å². The second-order valence-electron chi connectivity index (χ2n) is 4.11. The van der Waals surface area contributed by atoms with Crippen molar-refractivity contribution in [1.29, 1.82) is 0 Å². The molecule has 0 saturated heterocycles. The van der Waals surface area contributed by atoms with Crippen LogP contribution in [0.4, 0.5) is 0 Å². The van der Waals surface area contributed by atoms with Crippen molar-refractivity contribution in [3.8, 4) is 0 Å². The standard InChI is InChI=1S/C13H15N3/c1-10-3-5-14-13(7-10)8-11(2)12-4-6-15-16-9-12/h3-7,9,11H,8H2,1-2H3/t11-/m1/s1. The lowest BCUT2D eigenvalue weighted by Gasteiger charge is -2.10. The van der Waals surface area contributed by atoms with E-state index in [1.807, 2.05) is 24.5 Å². The van der Waals surface area contributed by atoms with Crippen molar-refractivity contribution >= 4 is 0 Å². The third kappa shape index (κ3) is 2.63. The molecule has 0 amide bonds. The van der Waals surface area contributed by atoms with Gasteiger partial charge in [-0.3, -0.25) is 4.98 Å². The van der Waals surface area contributed by atoms with Gasteiger partial charge in [0, 0.05) is 18.1 Å². The highest BCUT2D eigenvalue weighted by atomic mass is 15.1. The number of pyridine rings is 1. The van der Waals surface area contributed by atoms with Gasteiger partial charge in [-0.2, -0.15) is 10.2 Å². The Bertz CT molecular complexity index is 454. The highest BCUT2D eigenvalue weighted by Crippen LogP contribution is 2.18. The van der Waals surface area contributed by atoms with Crippen LogP contribution in [0.5, 0.6) is 0 Å². The fourth-order valence-electron chi connectivity index (χ4n) is 1.73. The van der Waals surface area contributed by atoms with Gasteiger partial charge in [-0.1, -0.05) is 6.92 Å². The molecule has 0 aliphatic heterocycles. The summed E-state index contributed by atoms with van der Waals surface area (Å²) in [5, 5.41) is 7.68. The van der Waals surface area contributed by atoms with E-state index in [2.05, 4.69) is 35.1 Å². The minimum atomic E-state index is 0.421. The lowest BCUT2D eigenvalue weighted by atomic mass is 9.97. The summed E-state index contributed by atoms with van der Waals surface area (Å²) < 4.78 is 0. The van der Waals surface area contributed by atoms with Crippen LogP contribution in [0.1, 0.15) is 29.7 Å². The molecule has 0 unspecified atom stereocenters. The van der Waals surface area contributed by atoms with E-state index in [1.54, 1.807) is 6.20 Å². The van der Waals surface area contributed by atoms with E-state index in [-0.39, 0.29) is 0 Å². The summed E-state index contributed by atoms with van der Waals surface area (Å²) in [4.78, 5) is 4.37. The lowest BCUT2D eigenvalue weighted by molar-refractivity contribution is 0.730. The Morgan fingerprint density at radius 2 is 2.06 bits per heavy atom. The van der Waals surface area contributed by atoms with Crippen LogP contribution in [0.2, 0.25) is 0 Å². The number of hydrogen-bond acceptors (Lipinski definition) is 3. The fraction of sp³-hybridized carbons (Fsp3) is 0.308. The molecule has 16 heavy (non-hydrogen) atoms. The SMILES string of the molecule is Cc1ccnc(C[C@@H](C)c2ccnnc2)c1. The Kier molecular flexibility index (Phi) is 3.25. The predicted octanol–water partition coefficient (Wildman–Crippen LogP) is 2.53. The molecule has 82 valence electrons. The maximum atomic E-state index is 4.37. The summed E-state index contributed by atoms with van der Waals surface area (Å²) in [6.07, 6.45) is 6.35. The van der Waals surface area contributed by atoms with Gasteiger partial charge in [-0.05, 0) is 48.6 Å². The van der Waals surface area contributed by atoms with Gasteiger partial charge in [-0.25, -0.2) is 0 Å². The molecule has 0 saturated carbocycles. The molecule has 0 spiro atoms. The third-order valence-corrected chi connectivity index (χ3v) is 2.66. The summed E-state index contributed by atoms with van der Waals surface area (Å²) >= 11 is 0. The maximum Gasteiger partial charge on any atom is 0.0531 e. The zero-order valence-corrected chi connectivity index (χ0v) is 9.59. The molecule has 0 aromatic carbocycles. The van der Waals surface area contributed by atoms with Crippen LogP contribution >= 0.6 is 0 Å². The van der Waals surface area contributed by atoms with E-state index >= 15 is 0 Å². The molecular formula is C13H15N3. The van der Waals surface area contributed by atoms with Crippen molar-refractivity contribution < 1.29 is 0 Å². The topological polar surface area (TPSA) is 38.7 Å². The zero-order chi connectivity index (χ0) is 11.4. The van der Waals surface area contributed by atoms with Crippen molar-refractivity contribution in [2.45, 2.75) is 26.2 Å². The van der Waals surface area contributed by atoms with Crippen molar-refractivity contribution in [1.82, 2.24) is 15.2 Å². The number of aromatic nitrogens is 3. The Labute approximate surface area is 95.6 Å². The molecule has 2 aromatic heterocycles. The first-order valence-corrected chi connectivity index (χ1v) is 5.44. The number of nitrogens with zero attached hydrogens (tertiary/aromatic N) is 3. The van der Waals surface area contributed by atoms with Gasteiger partial charge in [-0.15, -0.1) is 0 Å². The van der Waals surface area contributed by atoms with Crippen molar-refractivity contribution in [2.24, 2.45) is 0 Å². The normalized spacial score (nSPS) is 12.4. The van der Waals surface area contributed by atoms with E-state index in [9.17, 15) is 0 Å². The Morgan fingerprint density at radius 1 is 1.19 bits per heavy atom. The molecule has 1 atom stereocenters. The van der Waals surface area contributed by atoms with Crippen LogP contribution in [0.3, 0.4) is 0 Å². The minimum absolute atomic E-state index is 0.421. The largest absolute Gasteiger partial charge is 0.261 e. The zero-order valence-electron chi connectivity index (χ0n) is 9.59. The summed E-state index contributed by atoms with van der Waals surface area (Å²) in [6, 6.07) is 6.15. The molecule has 0 N–H and O–H groups in total. The highest BCUT2D eigenvalue weighted by Gasteiger charge is 2.07. The van der Waals surface area contributed by atoms with Crippen LogP contribution in [-0.4, -0.2) is 15.2 Å². The Balaban J connectivity index is 2.11. The molecule has 2 heterocycles. The first-order valence-electron chi connectivity index (χ1n) is 5.44. The average Bonchev–Trinajstić information content (AvgIpc) is 2.30. The number of aryl methyl sites for hydroxylation is 1. The lowest BCUT2D eigenvalue weighted by Crippen LogP contribution is -2.01. The van der Waals surface area contributed by atoms with E-state index in [0.717, 1.165) is 12.1 Å². The van der Waals surface area contributed by atoms with Crippen LogP contribution in [0.25, 0.3) is 0 Å². The van der Waals surface area contributed by atoms with Gasteiger partial charge in [0.2, 0.25) is 0 Å². The van der Waals surface area contributed by atoms with E-state index in [1.165, 1.54) is 11.1 Å². The van der Waals surface area contributed by atoms with Crippen molar-refractivity contribution in [3.05, 3.63) is 53.6 Å². The third-order valence-electron chi connectivity index (χ3n) is 2.66. The molecule has 0 fully saturated rings. The quantitative estimate of drug-likeness (QED) is 0.786. The smallest absolute Gasteiger partial charge is 0.0531 e. The first-order chi connectivity index (χ1) is 7.75. The van der Waals surface area contributed by atoms with Gasteiger partial charge >= 0.3 is 0 Å². The van der Waals surface area contributed by atoms with Crippen LogP contribution in [-0.2, 0) is 6.42 Å². The van der Waals surface area contributed by atoms with Crippen LogP contribution in [0, 0.1) is 6.92 Å². The Morgan fingerprint density at radius 3 is 2.75 bits per heavy atom. The summed E-state index contributed by atoms with van der Waals surface area (Å²) in [5.41, 5.74) is 3.59. The molecule has 0 aliphatic rings. The second-order valence-corrected chi connectivity index (χ2v) is 4.11. The monoisotopic (exact) mass is 213 g/mol. The molecule has 0 aliphatic carbocycles. The second kappa shape index (κ2) is 4.84. The molecule has 0 radical (unpaired) electrons. The van der Waals surface area contributed by atoms with E-state index in [4.69, 9.17) is 0 Å². The highest BCUT2D eigenvalue weighted by molar-refractivity contribution is 5.19. The molecule has 3 nitrogen and oxygen atoms in total. The van der Waals surface area contributed by atoms with Crippen LogP contribution in [0.15, 0.2) is 36.8 Å². The predicted molar refractivity (Wildman–Crippen MR) is 63.1 cm³/mol. The van der Waals surface area contributed by atoms with Gasteiger partial charge in [0.1, 0.15) is 0 Å². The Hall–Kier alpha value is -1.77. The molecule has 3 heteroatoms. The summed E-state index contributed by atoms with van der Waals surface area (Å²) in [5.74, 6) is 0.421. The van der Waals surface area contributed by atoms with Gasteiger partial charge in [0.05, 0.1) is 6.20 Å². The van der Waals surface area contributed by atoms with Crippen molar-refractivity contribution in [2.75, 3.05) is 0 Å². The van der Waals surface area contributed by atoms with Crippen LogP contribution < -0.4 is 0 Å². The average molecular weight is 213 g/mol. The van der Waals surface area contributed by atoms with Gasteiger partial charge in [0.25, 0.3) is 0 Å². The fourth-order valence-corrected chi connectivity index (χ4v) is 1.73. The van der Waals surface area contributed by atoms with Crippen molar-refractivity contribution in [3.63, 3.8) is 0 Å². The minimum Gasteiger partial charge on any atom is -0.261 e. The molecule has 0 bridgehead atoms. The van der Waals surface area contributed by atoms with E-state index in [0.29, 0.717) is 5.92 Å². The number of hydrogen-bond donors (Lipinski definition) is 0.